The molecule has 0 radical (unpaired) electrons. The van der Waals surface area contributed by atoms with E-state index in [0.717, 1.165) is 31.5 Å². The van der Waals surface area contributed by atoms with Gasteiger partial charge in [0.25, 0.3) is 0 Å². The summed E-state index contributed by atoms with van der Waals surface area (Å²) in [4.78, 5) is 11.7. The van der Waals surface area contributed by atoms with Crippen molar-refractivity contribution >= 4 is 17.5 Å². The summed E-state index contributed by atoms with van der Waals surface area (Å²) in [7, 11) is 0. The zero-order valence-electron chi connectivity index (χ0n) is 12.8. The normalized spacial score (nSPS) is 28.4. The molecular formula is C16H28N2OS. The topological polar surface area (TPSA) is 41.1 Å². The van der Waals surface area contributed by atoms with Gasteiger partial charge in [-0.15, -0.1) is 0 Å². The molecule has 2 saturated heterocycles. The van der Waals surface area contributed by atoms with Gasteiger partial charge in [0.15, 0.2) is 0 Å². The minimum absolute atomic E-state index is 0.449. The predicted octanol–water partition coefficient (Wildman–Crippen LogP) is 3.07. The zero-order valence-corrected chi connectivity index (χ0v) is 13.6. The van der Waals surface area contributed by atoms with Crippen LogP contribution in [-0.2, 0) is 4.79 Å². The SMILES string of the molecule is C=C1N[C@H]2[C@H](CS[C@H]2CCCCC(=O)CCC(C)C)N1. The van der Waals surface area contributed by atoms with Crippen LogP contribution in [0.2, 0.25) is 0 Å². The summed E-state index contributed by atoms with van der Waals surface area (Å²) in [5, 5.41) is 7.53. The van der Waals surface area contributed by atoms with Crippen LogP contribution in [0.1, 0.15) is 52.4 Å². The molecule has 2 heterocycles. The number of nitrogens with one attached hydrogen (secondary N) is 2. The molecule has 0 amide bonds. The number of Topliss-reactive ketones (excluding diaryl/α,β-unsaturated/α-hetero) is 1. The quantitative estimate of drug-likeness (QED) is 0.676. The summed E-state index contributed by atoms with van der Waals surface area (Å²) in [6.45, 7) is 8.31. The van der Waals surface area contributed by atoms with Gasteiger partial charge in [0.1, 0.15) is 5.78 Å². The molecule has 2 aliphatic heterocycles. The predicted molar refractivity (Wildman–Crippen MR) is 86.8 cm³/mol. The summed E-state index contributed by atoms with van der Waals surface area (Å²) < 4.78 is 0. The summed E-state index contributed by atoms with van der Waals surface area (Å²) in [6.07, 6.45) is 6.02. The van der Waals surface area contributed by atoms with Crippen molar-refractivity contribution in [3.05, 3.63) is 12.4 Å². The van der Waals surface area contributed by atoms with E-state index in [9.17, 15) is 4.79 Å². The average Bonchev–Trinajstić information content (AvgIpc) is 2.92. The van der Waals surface area contributed by atoms with Gasteiger partial charge in [0, 0.05) is 23.8 Å². The van der Waals surface area contributed by atoms with Crippen LogP contribution in [0.4, 0.5) is 0 Å². The largest absolute Gasteiger partial charge is 0.367 e. The van der Waals surface area contributed by atoms with Gasteiger partial charge in [0.2, 0.25) is 0 Å². The maximum atomic E-state index is 11.7. The molecule has 0 aromatic carbocycles. The molecule has 114 valence electrons. The Labute approximate surface area is 127 Å². The van der Waals surface area contributed by atoms with Crippen molar-refractivity contribution in [1.82, 2.24) is 10.6 Å². The van der Waals surface area contributed by atoms with Crippen molar-refractivity contribution in [3.8, 4) is 0 Å². The van der Waals surface area contributed by atoms with Crippen LogP contribution in [0.15, 0.2) is 12.4 Å². The molecular weight excluding hydrogens is 268 g/mol. The first-order valence-corrected chi connectivity index (χ1v) is 8.96. The minimum Gasteiger partial charge on any atom is -0.367 e. The van der Waals surface area contributed by atoms with Gasteiger partial charge >= 0.3 is 0 Å². The lowest BCUT2D eigenvalue weighted by Crippen LogP contribution is -2.36. The van der Waals surface area contributed by atoms with Crippen LogP contribution in [-0.4, -0.2) is 28.9 Å². The van der Waals surface area contributed by atoms with Crippen LogP contribution >= 0.6 is 11.8 Å². The number of carbonyl (C=O) groups is 1. The second-order valence-electron chi connectivity index (χ2n) is 6.49. The highest BCUT2D eigenvalue weighted by Crippen LogP contribution is 2.34. The van der Waals surface area contributed by atoms with E-state index < -0.39 is 0 Å². The summed E-state index contributed by atoms with van der Waals surface area (Å²) >= 11 is 2.06. The number of thioether (sulfide) groups is 1. The maximum Gasteiger partial charge on any atom is 0.132 e. The fraction of sp³-hybridized carbons (Fsp3) is 0.812. The third-order valence-electron chi connectivity index (χ3n) is 4.22. The first kappa shape index (κ1) is 15.7. The highest BCUT2D eigenvalue weighted by atomic mass is 32.2. The molecule has 0 saturated carbocycles. The molecule has 0 aliphatic carbocycles. The third kappa shape index (κ3) is 4.44. The molecule has 20 heavy (non-hydrogen) atoms. The van der Waals surface area contributed by atoms with Gasteiger partial charge in [-0.05, 0) is 25.2 Å². The van der Waals surface area contributed by atoms with Gasteiger partial charge in [-0.2, -0.15) is 11.8 Å². The molecule has 0 unspecified atom stereocenters. The van der Waals surface area contributed by atoms with Crippen molar-refractivity contribution in [2.24, 2.45) is 5.92 Å². The Hall–Kier alpha value is -0.640. The molecule has 2 rings (SSSR count). The lowest BCUT2D eigenvalue weighted by molar-refractivity contribution is -0.119. The molecule has 2 aliphatic rings. The van der Waals surface area contributed by atoms with Gasteiger partial charge in [-0.1, -0.05) is 26.8 Å². The van der Waals surface area contributed by atoms with Gasteiger partial charge in [0.05, 0.1) is 17.9 Å². The van der Waals surface area contributed by atoms with E-state index in [0.29, 0.717) is 29.0 Å². The Morgan fingerprint density at radius 1 is 1.35 bits per heavy atom. The lowest BCUT2D eigenvalue weighted by atomic mass is 10.00. The van der Waals surface area contributed by atoms with Gasteiger partial charge < -0.3 is 10.6 Å². The molecule has 4 heteroatoms. The Bertz CT molecular complexity index is 356. The zero-order chi connectivity index (χ0) is 14.5. The van der Waals surface area contributed by atoms with E-state index >= 15 is 0 Å². The van der Waals surface area contributed by atoms with E-state index in [1.54, 1.807) is 0 Å². The Balaban J connectivity index is 1.57. The second kappa shape index (κ2) is 7.39. The van der Waals surface area contributed by atoms with Crippen LogP contribution < -0.4 is 10.6 Å². The van der Waals surface area contributed by atoms with Crippen molar-refractivity contribution < 1.29 is 4.79 Å². The summed E-state index contributed by atoms with van der Waals surface area (Å²) in [5.41, 5.74) is 0. The number of fused-ring (bicyclic) bond motifs is 1. The number of rotatable bonds is 8. The monoisotopic (exact) mass is 296 g/mol. The van der Waals surface area contributed by atoms with E-state index in [-0.39, 0.29) is 0 Å². The summed E-state index contributed by atoms with van der Waals surface area (Å²) in [5.74, 6) is 3.24. The smallest absolute Gasteiger partial charge is 0.132 e. The lowest BCUT2D eigenvalue weighted by Gasteiger charge is -2.17. The highest BCUT2D eigenvalue weighted by Gasteiger charge is 2.40. The van der Waals surface area contributed by atoms with E-state index in [2.05, 4.69) is 42.8 Å². The molecule has 2 N–H and O–H groups in total. The number of carbonyl (C=O) groups excluding carboxylic acids is 1. The van der Waals surface area contributed by atoms with Crippen molar-refractivity contribution in [1.29, 1.82) is 0 Å². The first-order chi connectivity index (χ1) is 9.56. The molecule has 2 fully saturated rings. The Kier molecular flexibility index (Phi) is 5.82. The third-order valence-corrected chi connectivity index (χ3v) is 5.73. The summed E-state index contributed by atoms with van der Waals surface area (Å²) in [6, 6.07) is 1.11. The second-order valence-corrected chi connectivity index (χ2v) is 7.76. The molecule has 3 atom stereocenters. The van der Waals surface area contributed by atoms with Crippen LogP contribution in [0, 0.1) is 5.92 Å². The maximum absolute atomic E-state index is 11.7. The number of ketones is 1. The van der Waals surface area contributed by atoms with Crippen molar-refractivity contribution in [2.75, 3.05) is 5.75 Å². The molecule has 0 aromatic rings. The molecule has 3 nitrogen and oxygen atoms in total. The van der Waals surface area contributed by atoms with E-state index in [1.807, 2.05) is 0 Å². The first-order valence-electron chi connectivity index (χ1n) is 7.91. The molecule has 0 spiro atoms. The number of hydrogen-bond acceptors (Lipinski definition) is 4. The van der Waals surface area contributed by atoms with Gasteiger partial charge in [-0.3, -0.25) is 4.79 Å². The number of hydrogen-bond donors (Lipinski definition) is 2. The Morgan fingerprint density at radius 3 is 2.90 bits per heavy atom. The average molecular weight is 296 g/mol. The van der Waals surface area contributed by atoms with Crippen LogP contribution in [0.25, 0.3) is 0 Å². The van der Waals surface area contributed by atoms with Crippen molar-refractivity contribution in [3.63, 3.8) is 0 Å². The number of unbranched alkanes of at least 4 members (excludes halogenated alkanes) is 1. The van der Waals surface area contributed by atoms with Crippen molar-refractivity contribution in [2.45, 2.75) is 69.7 Å². The fourth-order valence-corrected chi connectivity index (χ4v) is 4.53. The molecule has 0 bridgehead atoms. The van der Waals surface area contributed by atoms with Crippen LogP contribution in [0.5, 0.6) is 0 Å². The fourth-order valence-electron chi connectivity index (χ4n) is 2.99. The Morgan fingerprint density at radius 2 is 2.15 bits per heavy atom. The molecule has 0 aromatic heterocycles. The minimum atomic E-state index is 0.449. The highest BCUT2D eigenvalue weighted by molar-refractivity contribution is 8.00. The van der Waals surface area contributed by atoms with Gasteiger partial charge in [-0.25, -0.2) is 0 Å². The van der Waals surface area contributed by atoms with Crippen LogP contribution in [0.3, 0.4) is 0 Å². The van der Waals surface area contributed by atoms with E-state index in [1.165, 1.54) is 18.6 Å². The standard InChI is InChI=1S/C16H28N2OS/c1-11(2)8-9-13(19)6-4-5-7-15-16-14(10-20-15)17-12(3)18-16/h11,14-18H,3-10H2,1-2H3/t14-,15-,16-/m0/s1. The van der Waals surface area contributed by atoms with E-state index in [4.69, 9.17) is 0 Å².